The quantitative estimate of drug-likeness (QED) is 0.0405. The molecule has 0 aliphatic rings. The highest BCUT2D eigenvalue weighted by atomic mass is 32.1. The van der Waals surface area contributed by atoms with E-state index in [1.165, 1.54) is 19.2 Å². The summed E-state index contributed by atoms with van der Waals surface area (Å²) in [6.45, 7) is 0.236. The highest BCUT2D eigenvalue weighted by Crippen LogP contribution is 2.26. The van der Waals surface area contributed by atoms with Crippen LogP contribution in [0.4, 0.5) is 0 Å². The van der Waals surface area contributed by atoms with Gasteiger partial charge < -0.3 is 46.7 Å². The molecule has 4 aromatic heterocycles. The Labute approximate surface area is 391 Å². The summed E-state index contributed by atoms with van der Waals surface area (Å²) in [6.07, 6.45) is 3.31. The smallest absolute Gasteiger partial charge is 0.336 e. The third-order valence-electron chi connectivity index (χ3n) is 9.78. The number of thiophene rings is 2. The first kappa shape index (κ1) is 48.5. The Kier molecular flexibility index (Phi) is 15.5. The average molecular weight is 960 g/mol. The monoisotopic (exact) mass is 959 g/mol. The van der Waals surface area contributed by atoms with Crippen LogP contribution < -0.4 is 27.0 Å². The van der Waals surface area contributed by atoms with Gasteiger partial charge in [-0.2, -0.15) is 20.7 Å². The first-order valence-corrected chi connectivity index (χ1v) is 21.3. The van der Waals surface area contributed by atoms with Crippen LogP contribution in [0.25, 0.3) is 21.8 Å². The lowest BCUT2D eigenvalue weighted by molar-refractivity contribution is -0.143. The number of methoxy groups -OCH3 is 2. The number of nitrogens with zero attached hydrogens (tertiary/aromatic N) is 4. The van der Waals surface area contributed by atoms with E-state index in [1.54, 1.807) is 18.5 Å². The number of Topliss-reactive ketones (excluding diaryl/α,β-unsaturated/α-hetero) is 1. The number of esters is 2. The number of H-pyrrole nitrogens is 2. The van der Waals surface area contributed by atoms with Gasteiger partial charge in [0.15, 0.2) is 11.8 Å². The van der Waals surface area contributed by atoms with Gasteiger partial charge in [0.05, 0.1) is 58.5 Å². The number of carbonyl (C=O) groups is 7. The van der Waals surface area contributed by atoms with Gasteiger partial charge in [0, 0.05) is 42.0 Å². The normalized spacial score (nSPS) is 11.4. The fourth-order valence-electron chi connectivity index (χ4n) is 6.43. The Morgan fingerprint density at radius 3 is 1.60 bits per heavy atom. The zero-order chi connectivity index (χ0) is 49.1. The lowest BCUT2D eigenvalue weighted by Gasteiger charge is -2.15. The predicted octanol–water partition coefficient (Wildman–Crippen LogP) is 2.65. The number of phenols is 2. The Morgan fingerprint density at radius 2 is 1.16 bits per heavy atom. The van der Waals surface area contributed by atoms with E-state index in [-0.39, 0.29) is 55.8 Å². The van der Waals surface area contributed by atoms with Gasteiger partial charge in [-0.05, 0) is 47.5 Å². The van der Waals surface area contributed by atoms with Crippen molar-refractivity contribution in [3.05, 3.63) is 126 Å². The average Bonchev–Trinajstić information content (AvgIpc) is 4.19. The van der Waals surface area contributed by atoms with Crippen LogP contribution in [0.15, 0.2) is 79.1 Å². The minimum Gasteiger partial charge on any atom is -0.508 e. The number of hydrogen-bond acceptors (Lipinski definition) is 18. The number of aromatic amines is 2. The zero-order valence-electron chi connectivity index (χ0n) is 35.5. The van der Waals surface area contributed by atoms with Crippen molar-refractivity contribution in [3.8, 4) is 23.6 Å². The number of hydrogen-bond donors (Lipinski definition) is 9. The maximum absolute atomic E-state index is 13.0. The Balaban J connectivity index is 0.000000230. The molecule has 0 bridgehead atoms. The van der Waals surface area contributed by atoms with E-state index in [9.17, 15) is 54.3 Å². The van der Waals surface area contributed by atoms with Gasteiger partial charge in [0.25, 0.3) is 23.6 Å². The number of nitrogens with two attached hydrogens (primary N) is 1. The van der Waals surface area contributed by atoms with Crippen molar-refractivity contribution in [3.63, 3.8) is 0 Å². The molecular weight excluding hydrogens is 923 g/mol. The number of rotatable bonds is 15. The van der Waals surface area contributed by atoms with E-state index in [4.69, 9.17) is 5.73 Å². The largest absolute Gasteiger partial charge is 0.508 e. The molecule has 10 N–H and O–H groups in total. The molecule has 3 aromatic carbocycles. The van der Waals surface area contributed by atoms with Crippen LogP contribution >= 0.6 is 22.7 Å². The van der Waals surface area contributed by atoms with Gasteiger partial charge in [-0.3, -0.25) is 34.2 Å². The molecule has 0 spiro atoms. The van der Waals surface area contributed by atoms with Crippen LogP contribution in [0.5, 0.6) is 11.5 Å². The molecule has 0 unspecified atom stereocenters. The molecule has 7 aromatic rings. The fourth-order valence-corrected chi connectivity index (χ4v) is 8.29. The van der Waals surface area contributed by atoms with Crippen LogP contribution in [0.1, 0.15) is 71.3 Å². The first-order chi connectivity index (χ1) is 32.7. The van der Waals surface area contributed by atoms with Crippen molar-refractivity contribution in [1.82, 2.24) is 41.7 Å². The second-order valence-electron chi connectivity index (χ2n) is 14.1. The molecule has 0 saturated carbocycles. The number of nitrogens with one attached hydrogen (secondary N) is 6. The molecule has 4 amide bonds. The van der Waals surface area contributed by atoms with Crippen molar-refractivity contribution in [1.29, 1.82) is 10.5 Å². The van der Waals surface area contributed by atoms with Crippen molar-refractivity contribution in [2.45, 2.75) is 25.2 Å². The standard InChI is InChI=1S/C25H19N5O7S.C19H18N6O4S/c1-37-25(36)20(21(33)13-5-15(31)8-16(32)6-13)29-24(35)22-14(9-26)7-19(38-22)23(34)27-10-12-3-2-4-18-17(12)11-28-30-18;1-29-19(28)14(7-21)24-18(27)16-11(6-20)5-15(30-16)17(26)22-8-10-3-2-4-13-12(10)9-23-25-13/h2-8,11,20,31-32H,10H2,1H3,(H,27,34)(H,28,30)(H,29,35);2-5,9,14H,7-8,21H2,1H3,(H,22,26)(H,23,25)(H,24,27)/t20-;14-/m00/s1. The molecule has 4 heterocycles. The summed E-state index contributed by atoms with van der Waals surface area (Å²) in [4.78, 5) is 87.8. The highest BCUT2D eigenvalue weighted by Gasteiger charge is 2.33. The maximum atomic E-state index is 13.0. The number of ether oxygens (including phenoxy) is 2. The molecule has 2 atom stereocenters. The Morgan fingerprint density at radius 1 is 0.691 bits per heavy atom. The molecule has 22 nitrogen and oxygen atoms in total. The molecule has 0 aliphatic heterocycles. The summed E-state index contributed by atoms with van der Waals surface area (Å²) in [5.74, 6) is -6.29. The summed E-state index contributed by atoms with van der Waals surface area (Å²) >= 11 is 1.56. The molecule has 0 radical (unpaired) electrons. The minimum atomic E-state index is -1.85. The number of aromatic hydroxyl groups is 2. The second-order valence-corrected chi connectivity index (χ2v) is 16.2. The van der Waals surface area contributed by atoms with Crippen LogP contribution in [0.2, 0.25) is 0 Å². The lowest BCUT2D eigenvalue weighted by Crippen LogP contribution is -2.47. The fraction of sp³-hybridized carbons (Fsp3) is 0.159. The summed E-state index contributed by atoms with van der Waals surface area (Å²) in [6, 6.07) is 17.4. The Hall–Kier alpha value is -8.97. The summed E-state index contributed by atoms with van der Waals surface area (Å²) in [5, 5.41) is 63.7. The van der Waals surface area contributed by atoms with Gasteiger partial charge in [0.2, 0.25) is 0 Å². The van der Waals surface area contributed by atoms with Gasteiger partial charge >= 0.3 is 11.9 Å². The molecule has 0 saturated heterocycles. The molecule has 0 aliphatic carbocycles. The SMILES string of the molecule is COC(=O)[C@@H](NC(=O)c1sc(C(=O)NCc2cccc3[nH]ncc23)cc1C#N)C(=O)c1cc(O)cc(O)c1.COC(=O)[C@H](CN)NC(=O)c1sc(C(=O)NCc2cccc3[nH]ncc23)cc1C#N. The molecule has 24 heteroatoms. The van der Waals surface area contributed by atoms with E-state index in [1.807, 2.05) is 42.5 Å². The van der Waals surface area contributed by atoms with Crippen LogP contribution in [0.3, 0.4) is 0 Å². The number of fused-ring (bicyclic) bond motifs is 2. The summed E-state index contributed by atoms with van der Waals surface area (Å²) in [5.41, 5.74) is 8.42. The van der Waals surface area contributed by atoms with Crippen molar-refractivity contribution < 1.29 is 53.2 Å². The zero-order valence-corrected chi connectivity index (χ0v) is 37.2. The van der Waals surface area contributed by atoms with Crippen LogP contribution in [-0.2, 0) is 32.2 Å². The first-order valence-electron chi connectivity index (χ1n) is 19.7. The van der Waals surface area contributed by atoms with E-state index in [2.05, 4.69) is 51.1 Å². The van der Waals surface area contributed by atoms with Crippen molar-refractivity contribution in [2.75, 3.05) is 20.8 Å². The minimum absolute atomic E-state index is 0.0157. The molecular formula is C44H37N11O11S2. The number of aromatic nitrogens is 4. The summed E-state index contributed by atoms with van der Waals surface area (Å²) in [7, 11) is 2.18. The Bertz CT molecular complexity index is 3160. The van der Waals surface area contributed by atoms with Crippen LogP contribution in [-0.4, -0.2) is 105 Å². The van der Waals surface area contributed by atoms with E-state index in [0.29, 0.717) is 11.3 Å². The molecule has 346 valence electrons. The van der Waals surface area contributed by atoms with E-state index >= 15 is 0 Å². The number of phenolic OH excluding ortho intramolecular Hbond substituents is 2. The second kappa shape index (κ2) is 21.8. The highest BCUT2D eigenvalue weighted by molar-refractivity contribution is 7.16. The molecule has 7 rings (SSSR count). The van der Waals surface area contributed by atoms with E-state index < -0.39 is 64.9 Å². The number of ketones is 1. The van der Waals surface area contributed by atoms with E-state index in [0.717, 1.165) is 69.6 Å². The number of amides is 4. The van der Waals surface area contributed by atoms with Gasteiger partial charge in [-0.15, -0.1) is 22.7 Å². The molecule has 68 heavy (non-hydrogen) atoms. The van der Waals surface area contributed by atoms with Crippen molar-refractivity contribution >= 4 is 85.8 Å². The number of nitriles is 2. The molecule has 0 fully saturated rings. The number of carbonyl (C=O) groups excluding carboxylic acids is 7. The summed E-state index contributed by atoms with van der Waals surface area (Å²) < 4.78 is 9.19. The van der Waals surface area contributed by atoms with Gasteiger partial charge in [0.1, 0.15) is 39.4 Å². The van der Waals surface area contributed by atoms with Gasteiger partial charge in [-0.1, -0.05) is 24.3 Å². The van der Waals surface area contributed by atoms with Crippen LogP contribution in [0, 0.1) is 22.7 Å². The third-order valence-corrected chi connectivity index (χ3v) is 12.0. The van der Waals surface area contributed by atoms with Gasteiger partial charge in [-0.25, -0.2) is 9.59 Å². The van der Waals surface area contributed by atoms with Crippen molar-refractivity contribution in [2.24, 2.45) is 5.73 Å². The third kappa shape index (κ3) is 11.1. The maximum Gasteiger partial charge on any atom is 0.336 e. The number of benzene rings is 3. The topological polar surface area (TPSA) is 357 Å². The lowest BCUT2D eigenvalue weighted by atomic mass is 10.0. The predicted molar refractivity (Wildman–Crippen MR) is 242 cm³/mol.